The molecule has 5 nitrogen and oxygen atoms in total. The van der Waals surface area contributed by atoms with Crippen molar-refractivity contribution in [2.24, 2.45) is 5.92 Å². The van der Waals surface area contributed by atoms with Gasteiger partial charge < -0.3 is 14.2 Å². The second kappa shape index (κ2) is 6.35. The highest BCUT2D eigenvalue weighted by Crippen LogP contribution is 2.31. The van der Waals surface area contributed by atoms with Gasteiger partial charge in [0.2, 0.25) is 5.91 Å². The van der Waals surface area contributed by atoms with E-state index in [1.807, 2.05) is 4.90 Å². The Kier molecular flexibility index (Phi) is 4.03. The lowest BCUT2D eigenvalue weighted by atomic mass is 10.1. The molecule has 2 amide bonds. The number of carbonyl (C=O) groups excluding carboxylic acids is 2. The van der Waals surface area contributed by atoms with Crippen LogP contribution in [-0.2, 0) is 4.79 Å². The summed E-state index contributed by atoms with van der Waals surface area (Å²) in [5.74, 6) is 0.343. The number of benzene rings is 1. The van der Waals surface area contributed by atoms with E-state index in [0.717, 1.165) is 12.8 Å². The van der Waals surface area contributed by atoms with Gasteiger partial charge in [-0.05, 0) is 37.1 Å². The van der Waals surface area contributed by atoms with Gasteiger partial charge in [-0.2, -0.15) is 0 Å². The van der Waals surface area contributed by atoms with Crippen molar-refractivity contribution in [2.75, 3.05) is 26.2 Å². The first-order chi connectivity index (χ1) is 12.1. The number of carbonyl (C=O) groups is 2. The van der Waals surface area contributed by atoms with Gasteiger partial charge in [-0.1, -0.05) is 12.1 Å². The average Bonchev–Trinajstić information content (AvgIpc) is 3.38. The van der Waals surface area contributed by atoms with E-state index in [4.69, 9.17) is 4.42 Å². The predicted octanol–water partition coefficient (Wildman–Crippen LogP) is 2.78. The van der Waals surface area contributed by atoms with E-state index in [-0.39, 0.29) is 29.3 Å². The van der Waals surface area contributed by atoms with Crippen molar-refractivity contribution in [3.8, 4) is 11.3 Å². The molecule has 0 radical (unpaired) electrons. The van der Waals surface area contributed by atoms with Gasteiger partial charge in [0.15, 0.2) is 5.76 Å². The molecule has 0 unspecified atom stereocenters. The third-order valence-electron chi connectivity index (χ3n) is 4.76. The Morgan fingerprint density at radius 3 is 2.32 bits per heavy atom. The molecule has 130 valence electrons. The Balaban J connectivity index is 1.42. The van der Waals surface area contributed by atoms with Crippen LogP contribution in [0.4, 0.5) is 4.39 Å². The smallest absolute Gasteiger partial charge is 0.289 e. The molecule has 1 aromatic carbocycles. The molecule has 2 aliphatic rings. The maximum absolute atomic E-state index is 13.8. The van der Waals surface area contributed by atoms with Gasteiger partial charge in [0.1, 0.15) is 11.6 Å². The molecular formula is C19H19FN2O3. The molecule has 6 heteroatoms. The fourth-order valence-electron chi connectivity index (χ4n) is 3.13. The number of hydrogen-bond acceptors (Lipinski definition) is 3. The van der Waals surface area contributed by atoms with Crippen molar-refractivity contribution in [3.05, 3.63) is 48.0 Å². The van der Waals surface area contributed by atoms with Crippen molar-refractivity contribution in [3.63, 3.8) is 0 Å². The number of nitrogens with zero attached hydrogens (tertiary/aromatic N) is 2. The molecule has 2 aromatic rings. The standard InChI is InChI=1S/C19H19FN2O3/c20-15-4-2-1-3-14(15)16-7-8-17(25-16)19(24)22-11-9-21(10-12-22)18(23)13-5-6-13/h1-4,7-8,13H,5-6,9-12H2. The Hall–Kier alpha value is -2.63. The second-order valence-electron chi connectivity index (χ2n) is 6.54. The normalized spacial score (nSPS) is 17.6. The van der Waals surface area contributed by atoms with Crippen LogP contribution in [0.15, 0.2) is 40.8 Å². The van der Waals surface area contributed by atoms with Crippen LogP contribution < -0.4 is 0 Å². The van der Waals surface area contributed by atoms with Crippen LogP contribution in [0.25, 0.3) is 11.3 Å². The van der Waals surface area contributed by atoms with E-state index in [1.54, 1.807) is 35.2 Å². The summed E-state index contributed by atoms with van der Waals surface area (Å²) in [7, 11) is 0. The number of rotatable bonds is 3. The minimum absolute atomic E-state index is 0.195. The summed E-state index contributed by atoms with van der Waals surface area (Å²) in [6.07, 6.45) is 1.98. The highest BCUT2D eigenvalue weighted by Gasteiger charge is 2.35. The van der Waals surface area contributed by atoms with Gasteiger partial charge in [-0.15, -0.1) is 0 Å². The first-order valence-corrected chi connectivity index (χ1v) is 8.56. The molecule has 1 aromatic heterocycles. The highest BCUT2D eigenvalue weighted by atomic mass is 19.1. The zero-order valence-electron chi connectivity index (χ0n) is 13.8. The summed E-state index contributed by atoms with van der Waals surface area (Å²) in [5.41, 5.74) is 0.335. The SMILES string of the molecule is O=C(c1ccc(-c2ccccc2F)o1)N1CCN(C(=O)C2CC2)CC1. The molecule has 1 saturated carbocycles. The van der Waals surface area contributed by atoms with Crippen molar-refractivity contribution in [1.29, 1.82) is 0 Å². The first-order valence-electron chi connectivity index (χ1n) is 8.56. The Labute approximate surface area is 145 Å². The minimum Gasteiger partial charge on any atom is -0.451 e. The van der Waals surface area contributed by atoms with Crippen molar-refractivity contribution in [1.82, 2.24) is 9.80 Å². The molecule has 4 rings (SSSR count). The molecule has 1 aliphatic carbocycles. The van der Waals surface area contributed by atoms with Crippen LogP contribution in [0.5, 0.6) is 0 Å². The van der Waals surface area contributed by atoms with Crippen LogP contribution in [0, 0.1) is 11.7 Å². The molecule has 1 saturated heterocycles. The van der Waals surface area contributed by atoms with E-state index in [1.165, 1.54) is 6.07 Å². The molecule has 1 aliphatic heterocycles. The quantitative estimate of drug-likeness (QED) is 0.862. The maximum atomic E-state index is 13.8. The summed E-state index contributed by atoms with van der Waals surface area (Å²) in [5, 5.41) is 0. The maximum Gasteiger partial charge on any atom is 0.289 e. The van der Waals surface area contributed by atoms with E-state index in [2.05, 4.69) is 0 Å². The third kappa shape index (κ3) is 3.16. The summed E-state index contributed by atoms with van der Waals surface area (Å²) >= 11 is 0. The molecule has 0 atom stereocenters. The van der Waals surface area contributed by atoms with Gasteiger partial charge in [-0.3, -0.25) is 9.59 Å². The number of amides is 2. The first kappa shape index (κ1) is 15.9. The van der Waals surface area contributed by atoms with Gasteiger partial charge in [0.05, 0.1) is 5.56 Å². The highest BCUT2D eigenvalue weighted by molar-refractivity contribution is 5.92. The summed E-state index contributed by atoms with van der Waals surface area (Å²) < 4.78 is 19.4. The number of hydrogen-bond donors (Lipinski definition) is 0. The Bertz CT molecular complexity index is 805. The fourth-order valence-corrected chi connectivity index (χ4v) is 3.13. The van der Waals surface area contributed by atoms with Crippen molar-refractivity contribution >= 4 is 11.8 Å². The van der Waals surface area contributed by atoms with E-state index < -0.39 is 0 Å². The number of halogens is 1. The number of piperazine rings is 1. The van der Waals surface area contributed by atoms with Gasteiger partial charge in [0.25, 0.3) is 5.91 Å². The molecular weight excluding hydrogens is 323 g/mol. The zero-order chi connectivity index (χ0) is 17.4. The molecule has 2 heterocycles. The Morgan fingerprint density at radius 1 is 0.960 bits per heavy atom. The average molecular weight is 342 g/mol. The monoisotopic (exact) mass is 342 g/mol. The summed E-state index contributed by atoms with van der Waals surface area (Å²) in [4.78, 5) is 28.2. The lowest BCUT2D eigenvalue weighted by Gasteiger charge is -2.34. The molecule has 25 heavy (non-hydrogen) atoms. The predicted molar refractivity (Wildman–Crippen MR) is 89.3 cm³/mol. The third-order valence-corrected chi connectivity index (χ3v) is 4.76. The van der Waals surface area contributed by atoms with Gasteiger partial charge in [-0.25, -0.2) is 4.39 Å². The summed E-state index contributed by atoms with van der Waals surface area (Å²) in [6.45, 7) is 2.10. The van der Waals surface area contributed by atoms with Crippen molar-refractivity contribution in [2.45, 2.75) is 12.8 Å². The van der Waals surface area contributed by atoms with Gasteiger partial charge >= 0.3 is 0 Å². The van der Waals surface area contributed by atoms with Crippen LogP contribution >= 0.6 is 0 Å². The lowest BCUT2D eigenvalue weighted by Crippen LogP contribution is -2.51. The van der Waals surface area contributed by atoms with Crippen LogP contribution in [-0.4, -0.2) is 47.8 Å². The van der Waals surface area contributed by atoms with E-state index in [0.29, 0.717) is 37.5 Å². The molecule has 2 fully saturated rings. The summed E-state index contributed by atoms with van der Waals surface area (Å²) in [6, 6.07) is 9.49. The topological polar surface area (TPSA) is 53.8 Å². The lowest BCUT2D eigenvalue weighted by molar-refractivity contribution is -0.134. The van der Waals surface area contributed by atoms with Crippen LogP contribution in [0.2, 0.25) is 0 Å². The van der Waals surface area contributed by atoms with Crippen molar-refractivity contribution < 1.29 is 18.4 Å². The minimum atomic E-state index is -0.386. The van der Waals surface area contributed by atoms with Gasteiger partial charge in [0, 0.05) is 32.1 Å². The fraction of sp³-hybridized carbons (Fsp3) is 0.368. The second-order valence-corrected chi connectivity index (χ2v) is 6.54. The van der Waals surface area contributed by atoms with Crippen LogP contribution in [0.1, 0.15) is 23.4 Å². The molecule has 0 spiro atoms. The molecule has 0 N–H and O–H groups in total. The molecule has 0 bridgehead atoms. The largest absolute Gasteiger partial charge is 0.451 e. The zero-order valence-corrected chi connectivity index (χ0v) is 13.8. The van der Waals surface area contributed by atoms with E-state index in [9.17, 15) is 14.0 Å². The Morgan fingerprint density at radius 2 is 1.64 bits per heavy atom. The van der Waals surface area contributed by atoms with Crippen LogP contribution in [0.3, 0.4) is 0 Å². The number of furan rings is 1. The van der Waals surface area contributed by atoms with E-state index >= 15 is 0 Å².